The van der Waals surface area contributed by atoms with Crippen LogP contribution in [0.2, 0.25) is 0 Å². The summed E-state index contributed by atoms with van der Waals surface area (Å²) >= 11 is 0. The van der Waals surface area contributed by atoms with Crippen molar-refractivity contribution in [2.45, 2.75) is 19.4 Å². The summed E-state index contributed by atoms with van der Waals surface area (Å²) < 4.78 is 9.78. The molecule has 2 atom stereocenters. The van der Waals surface area contributed by atoms with E-state index in [-0.39, 0.29) is 18.6 Å². The smallest absolute Gasteiger partial charge is 0.333 e. The fourth-order valence-corrected chi connectivity index (χ4v) is 1.33. The van der Waals surface area contributed by atoms with Crippen LogP contribution in [0.4, 0.5) is 0 Å². The Morgan fingerprint density at radius 3 is 3.00 bits per heavy atom. The maximum Gasteiger partial charge on any atom is 0.333 e. The van der Waals surface area contributed by atoms with Gasteiger partial charge in [0.2, 0.25) is 0 Å². The van der Waals surface area contributed by atoms with E-state index in [0.717, 1.165) is 6.42 Å². The molecule has 0 saturated carbocycles. The first-order valence-corrected chi connectivity index (χ1v) is 4.24. The lowest BCUT2D eigenvalue weighted by Crippen LogP contribution is -2.09. The molecule has 1 aliphatic heterocycles. The summed E-state index contributed by atoms with van der Waals surface area (Å²) in [6.45, 7) is 1.94. The Bertz CT molecular complexity index is 222. The molecule has 0 radical (unpaired) electrons. The van der Waals surface area contributed by atoms with E-state index in [1.54, 1.807) is 0 Å². The molecule has 1 saturated heterocycles. The largest absolute Gasteiger partial charge is 0.492 e. The SMILES string of the molecule is COC(=O)/C=C1/O[C@@H](CO)C[C@H]1C. The maximum atomic E-state index is 10.9. The lowest BCUT2D eigenvalue weighted by atomic mass is 10.1. The van der Waals surface area contributed by atoms with E-state index >= 15 is 0 Å². The molecule has 1 fully saturated rings. The van der Waals surface area contributed by atoms with Gasteiger partial charge >= 0.3 is 5.97 Å². The highest BCUT2D eigenvalue weighted by Gasteiger charge is 2.27. The molecule has 0 amide bonds. The summed E-state index contributed by atoms with van der Waals surface area (Å²) in [7, 11) is 1.32. The van der Waals surface area contributed by atoms with Gasteiger partial charge in [0, 0.05) is 5.92 Å². The molecule has 1 heterocycles. The molecule has 0 aliphatic carbocycles. The van der Waals surface area contributed by atoms with E-state index in [0.29, 0.717) is 5.76 Å². The highest BCUT2D eigenvalue weighted by molar-refractivity contribution is 5.82. The first-order chi connectivity index (χ1) is 6.17. The number of aliphatic hydroxyl groups is 1. The third kappa shape index (κ3) is 2.45. The van der Waals surface area contributed by atoms with Gasteiger partial charge in [0.15, 0.2) is 0 Å². The normalized spacial score (nSPS) is 30.2. The zero-order valence-electron chi connectivity index (χ0n) is 7.82. The Hall–Kier alpha value is -1.03. The number of carbonyl (C=O) groups is 1. The molecule has 4 heteroatoms. The van der Waals surface area contributed by atoms with Gasteiger partial charge in [-0.05, 0) is 6.42 Å². The van der Waals surface area contributed by atoms with Crippen LogP contribution in [0, 0.1) is 5.92 Å². The minimum Gasteiger partial charge on any atom is -0.492 e. The molecule has 13 heavy (non-hydrogen) atoms. The first kappa shape index (κ1) is 10.1. The molecule has 0 spiro atoms. The minimum atomic E-state index is -0.416. The summed E-state index contributed by atoms with van der Waals surface area (Å²) in [5.74, 6) is 0.364. The number of esters is 1. The summed E-state index contributed by atoms with van der Waals surface area (Å²) in [5.41, 5.74) is 0. The van der Waals surface area contributed by atoms with Crippen molar-refractivity contribution in [1.29, 1.82) is 0 Å². The molecule has 74 valence electrons. The van der Waals surface area contributed by atoms with E-state index in [1.165, 1.54) is 13.2 Å². The summed E-state index contributed by atoms with van der Waals surface area (Å²) in [6, 6.07) is 0. The number of methoxy groups -OCH3 is 1. The van der Waals surface area contributed by atoms with Gasteiger partial charge in [0.25, 0.3) is 0 Å². The molecular formula is C9H14O4. The molecule has 1 aliphatic rings. The third-order valence-corrected chi connectivity index (χ3v) is 2.07. The van der Waals surface area contributed by atoms with Crippen molar-refractivity contribution in [3.8, 4) is 0 Å². The van der Waals surface area contributed by atoms with E-state index < -0.39 is 5.97 Å². The van der Waals surface area contributed by atoms with Crippen LogP contribution in [0.25, 0.3) is 0 Å². The number of aliphatic hydroxyl groups excluding tert-OH is 1. The van der Waals surface area contributed by atoms with Gasteiger partial charge in [0.05, 0.1) is 19.8 Å². The Morgan fingerprint density at radius 1 is 1.85 bits per heavy atom. The second kappa shape index (κ2) is 4.28. The predicted octanol–water partition coefficient (Wildman–Crippen LogP) is 0.461. The number of rotatable bonds is 2. The van der Waals surface area contributed by atoms with Crippen LogP contribution in [-0.4, -0.2) is 30.9 Å². The van der Waals surface area contributed by atoms with Gasteiger partial charge in [-0.3, -0.25) is 0 Å². The first-order valence-electron chi connectivity index (χ1n) is 4.24. The quantitative estimate of drug-likeness (QED) is 0.503. The fraction of sp³-hybridized carbons (Fsp3) is 0.667. The molecule has 1 N–H and O–H groups in total. The number of hydrogen-bond donors (Lipinski definition) is 1. The van der Waals surface area contributed by atoms with Crippen molar-refractivity contribution in [1.82, 2.24) is 0 Å². The summed E-state index contributed by atoms with van der Waals surface area (Å²) in [6.07, 6.45) is 1.91. The van der Waals surface area contributed by atoms with E-state index in [9.17, 15) is 4.79 Å². The Kier molecular flexibility index (Phi) is 3.31. The van der Waals surface area contributed by atoms with Gasteiger partial charge < -0.3 is 14.6 Å². The van der Waals surface area contributed by atoms with Crippen molar-refractivity contribution in [2.24, 2.45) is 5.92 Å². The highest BCUT2D eigenvalue weighted by Crippen LogP contribution is 2.28. The van der Waals surface area contributed by atoms with Crippen LogP contribution in [0.5, 0.6) is 0 Å². The van der Waals surface area contributed by atoms with Crippen LogP contribution in [0.15, 0.2) is 11.8 Å². The van der Waals surface area contributed by atoms with Crippen LogP contribution in [0.3, 0.4) is 0 Å². The Labute approximate surface area is 77.1 Å². The lowest BCUT2D eigenvalue weighted by Gasteiger charge is -2.05. The molecule has 0 aromatic rings. The van der Waals surface area contributed by atoms with E-state index in [1.807, 2.05) is 6.92 Å². The van der Waals surface area contributed by atoms with Crippen molar-refractivity contribution < 1.29 is 19.4 Å². The predicted molar refractivity (Wildman–Crippen MR) is 45.8 cm³/mol. The second-order valence-corrected chi connectivity index (χ2v) is 3.13. The molecule has 0 bridgehead atoms. The molecule has 0 aromatic heterocycles. The zero-order chi connectivity index (χ0) is 9.84. The summed E-state index contributed by atoms with van der Waals surface area (Å²) in [4.78, 5) is 10.9. The number of ether oxygens (including phenoxy) is 2. The third-order valence-electron chi connectivity index (χ3n) is 2.07. The van der Waals surface area contributed by atoms with Gasteiger partial charge in [-0.15, -0.1) is 0 Å². The molecule has 0 unspecified atom stereocenters. The monoisotopic (exact) mass is 186 g/mol. The zero-order valence-corrected chi connectivity index (χ0v) is 7.82. The molecule has 4 nitrogen and oxygen atoms in total. The van der Waals surface area contributed by atoms with Gasteiger partial charge in [-0.1, -0.05) is 6.92 Å². The van der Waals surface area contributed by atoms with Crippen LogP contribution in [-0.2, 0) is 14.3 Å². The number of allylic oxidation sites excluding steroid dienone is 1. The number of hydrogen-bond acceptors (Lipinski definition) is 4. The average molecular weight is 186 g/mol. The Balaban J connectivity index is 2.61. The maximum absolute atomic E-state index is 10.9. The van der Waals surface area contributed by atoms with E-state index in [2.05, 4.69) is 4.74 Å². The van der Waals surface area contributed by atoms with Gasteiger partial charge in [-0.25, -0.2) is 4.79 Å². The Morgan fingerprint density at radius 2 is 2.54 bits per heavy atom. The van der Waals surface area contributed by atoms with Crippen molar-refractivity contribution in [3.05, 3.63) is 11.8 Å². The van der Waals surface area contributed by atoms with Crippen molar-refractivity contribution in [2.75, 3.05) is 13.7 Å². The average Bonchev–Trinajstić information content (AvgIpc) is 2.47. The van der Waals surface area contributed by atoms with Crippen molar-refractivity contribution >= 4 is 5.97 Å². The fourth-order valence-electron chi connectivity index (χ4n) is 1.33. The minimum absolute atomic E-state index is 0.0111. The van der Waals surface area contributed by atoms with Crippen molar-refractivity contribution in [3.63, 3.8) is 0 Å². The summed E-state index contributed by atoms with van der Waals surface area (Å²) in [5, 5.41) is 8.82. The van der Waals surface area contributed by atoms with E-state index in [4.69, 9.17) is 9.84 Å². The number of carbonyl (C=O) groups excluding carboxylic acids is 1. The molecule has 0 aromatic carbocycles. The van der Waals surface area contributed by atoms with Crippen LogP contribution >= 0.6 is 0 Å². The second-order valence-electron chi connectivity index (χ2n) is 3.13. The highest BCUT2D eigenvalue weighted by atomic mass is 16.5. The molecular weight excluding hydrogens is 172 g/mol. The van der Waals surface area contributed by atoms with Crippen LogP contribution in [0.1, 0.15) is 13.3 Å². The lowest BCUT2D eigenvalue weighted by molar-refractivity contribution is -0.135. The standard InChI is InChI=1S/C9H14O4/c1-6-3-7(5-10)13-8(6)4-9(11)12-2/h4,6-7,10H,3,5H2,1-2H3/b8-4+/t6-,7-/m1/s1. The van der Waals surface area contributed by atoms with Crippen LogP contribution < -0.4 is 0 Å². The van der Waals surface area contributed by atoms with Gasteiger partial charge in [-0.2, -0.15) is 0 Å². The topological polar surface area (TPSA) is 55.8 Å². The van der Waals surface area contributed by atoms with Gasteiger partial charge in [0.1, 0.15) is 11.9 Å². The molecule has 1 rings (SSSR count).